The normalized spacial score (nSPS) is 17.5. The molecule has 126 valence electrons. The van der Waals surface area contributed by atoms with Crippen molar-refractivity contribution in [1.29, 1.82) is 0 Å². The average molecular weight is 342 g/mol. The van der Waals surface area contributed by atoms with Crippen LogP contribution in [0.5, 0.6) is 0 Å². The molecule has 2 aromatic carbocycles. The first-order valence-electron chi connectivity index (χ1n) is 8.48. The van der Waals surface area contributed by atoms with Crippen LogP contribution in [0.4, 0.5) is 0 Å². The highest BCUT2D eigenvalue weighted by atomic mass is 35.5. The van der Waals surface area contributed by atoms with Crippen LogP contribution in [0.15, 0.2) is 48.5 Å². The van der Waals surface area contributed by atoms with Crippen LogP contribution in [-0.4, -0.2) is 17.4 Å². The Morgan fingerprint density at radius 1 is 1.08 bits per heavy atom. The maximum atomic E-state index is 13.0. The van der Waals surface area contributed by atoms with Crippen LogP contribution in [0.2, 0.25) is 5.02 Å². The van der Waals surface area contributed by atoms with Crippen molar-refractivity contribution >= 4 is 17.5 Å². The number of carbonyl (C=O) groups is 1. The molecule has 1 aliphatic heterocycles. The molecule has 2 nitrogen and oxygen atoms in total. The first-order chi connectivity index (χ1) is 11.4. The van der Waals surface area contributed by atoms with Gasteiger partial charge in [0.2, 0.25) is 5.91 Å². The van der Waals surface area contributed by atoms with Crippen molar-refractivity contribution in [2.45, 2.75) is 39.7 Å². The highest BCUT2D eigenvalue weighted by Crippen LogP contribution is 2.39. The van der Waals surface area contributed by atoms with E-state index in [0.29, 0.717) is 11.4 Å². The molecule has 0 saturated heterocycles. The summed E-state index contributed by atoms with van der Waals surface area (Å²) in [6.07, 6.45) is 1.43. The molecular formula is C21H24ClNO. The van der Waals surface area contributed by atoms with Gasteiger partial charge in [0.1, 0.15) is 0 Å². The Kier molecular flexibility index (Phi) is 4.69. The fourth-order valence-corrected chi connectivity index (χ4v) is 3.66. The van der Waals surface area contributed by atoms with Gasteiger partial charge in [-0.3, -0.25) is 4.79 Å². The smallest absolute Gasteiger partial charge is 0.223 e. The largest absolute Gasteiger partial charge is 0.331 e. The van der Waals surface area contributed by atoms with E-state index in [1.807, 2.05) is 35.2 Å². The maximum Gasteiger partial charge on any atom is 0.223 e. The molecular weight excluding hydrogens is 318 g/mol. The quantitative estimate of drug-likeness (QED) is 0.730. The van der Waals surface area contributed by atoms with Crippen LogP contribution < -0.4 is 0 Å². The summed E-state index contributed by atoms with van der Waals surface area (Å²) in [6.45, 7) is 7.05. The van der Waals surface area contributed by atoms with Gasteiger partial charge in [0, 0.05) is 18.0 Å². The Bertz CT molecular complexity index is 747. The van der Waals surface area contributed by atoms with E-state index in [0.717, 1.165) is 18.5 Å². The van der Waals surface area contributed by atoms with Crippen molar-refractivity contribution in [3.8, 4) is 0 Å². The van der Waals surface area contributed by atoms with Gasteiger partial charge in [-0.25, -0.2) is 0 Å². The van der Waals surface area contributed by atoms with E-state index >= 15 is 0 Å². The van der Waals surface area contributed by atoms with Crippen LogP contribution in [0, 0.1) is 5.41 Å². The van der Waals surface area contributed by atoms with Gasteiger partial charge in [-0.1, -0.05) is 74.8 Å². The summed E-state index contributed by atoms with van der Waals surface area (Å²) in [6, 6.07) is 16.2. The fraction of sp³-hybridized carbons (Fsp3) is 0.381. The number of amides is 1. The predicted molar refractivity (Wildman–Crippen MR) is 99.2 cm³/mol. The minimum absolute atomic E-state index is 0.0287. The van der Waals surface area contributed by atoms with Crippen molar-refractivity contribution in [1.82, 2.24) is 4.90 Å². The Hall–Kier alpha value is -1.80. The summed E-state index contributed by atoms with van der Waals surface area (Å²) in [7, 11) is 0. The van der Waals surface area contributed by atoms with Crippen LogP contribution in [0.1, 0.15) is 49.9 Å². The highest BCUT2D eigenvalue weighted by molar-refractivity contribution is 6.31. The second-order valence-corrected chi connectivity index (χ2v) is 8.10. The second-order valence-electron chi connectivity index (χ2n) is 7.70. The zero-order chi connectivity index (χ0) is 17.3. The SMILES string of the molecule is CC(C)(C)CC(=O)N1CCc2ccccc2C1c1ccccc1Cl. The molecule has 1 unspecified atom stereocenters. The van der Waals surface area contributed by atoms with E-state index < -0.39 is 0 Å². The van der Waals surface area contributed by atoms with Crippen molar-refractivity contribution in [3.63, 3.8) is 0 Å². The molecule has 2 aromatic rings. The Labute approximate surface area is 149 Å². The van der Waals surface area contributed by atoms with Gasteiger partial charge in [0.25, 0.3) is 0 Å². The molecule has 0 fully saturated rings. The van der Waals surface area contributed by atoms with Crippen LogP contribution in [0.25, 0.3) is 0 Å². The number of hydrogen-bond donors (Lipinski definition) is 0. The lowest BCUT2D eigenvalue weighted by molar-refractivity contribution is -0.135. The fourth-order valence-electron chi connectivity index (χ4n) is 3.42. The zero-order valence-corrected chi connectivity index (χ0v) is 15.3. The van der Waals surface area contributed by atoms with Crippen molar-refractivity contribution < 1.29 is 4.79 Å². The molecule has 3 rings (SSSR count). The highest BCUT2D eigenvalue weighted by Gasteiger charge is 2.34. The van der Waals surface area contributed by atoms with Gasteiger partial charge in [0.05, 0.1) is 6.04 Å². The van der Waals surface area contributed by atoms with E-state index in [-0.39, 0.29) is 17.4 Å². The average Bonchev–Trinajstić information content (AvgIpc) is 2.53. The zero-order valence-electron chi connectivity index (χ0n) is 14.6. The van der Waals surface area contributed by atoms with Crippen LogP contribution in [-0.2, 0) is 11.2 Å². The Balaban J connectivity index is 2.06. The lowest BCUT2D eigenvalue weighted by Crippen LogP contribution is -2.42. The van der Waals surface area contributed by atoms with Gasteiger partial charge in [-0.2, -0.15) is 0 Å². The molecule has 0 saturated carbocycles. The predicted octanol–water partition coefficient (Wildman–Crippen LogP) is 5.25. The molecule has 1 aliphatic rings. The lowest BCUT2D eigenvalue weighted by Gasteiger charge is -2.39. The number of nitrogens with zero attached hydrogens (tertiary/aromatic N) is 1. The standard InChI is InChI=1S/C21H24ClNO/c1-21(2,3)14-19(24)23-13-12-15-8-4-5-9-16(15)20(23)17-10-6-7-11-18(17)22/h4-11,20H,12-14H2,1-3H3. The molecule has 0 N–H and O–H groups in total. The van der Waals surface area contributed by atoms with E-state index in [2.05, 4.69) is 39.0 Å². The third kappa shape index (κ3) is 3.49. The molecule has 0 aromatic heterocycles. The molecule has 0 bridgehead atoms. The summed E-state index contributed by atoms with van der Waals surface area (Å²) < 4.78 is 0. The summed E-state index contributed by atoms with van der Waals surface area (Å²) in [5, 5.41) is 0.716. The topological polar surface area (TPSA) is 20.3 Å². The minimum atomic E-state index is -0.0986. The number of fused-ring (bicyclic) bond motifs is 1. The molecule has 1 amide bonds. The maximum absolute atomic E-state index is 13.0. The van der Waals surface area contributed by atoms with E-state index in [1.165, 1.54) is 11.1 Å². The minimum Gasteiger partial charge on any atom is -0.331 e. The Morgan fingerprint density at radius 2 is 1.71 bits per heavy atom. The van der Waals surface area contributed by atoms with Crippen molar-refractivity contribution in [2.24, 2.45) is 5.41 Å². The molecule has 1 atom stereocenters. The van der Waals surface area contributed by atoms with Gasteiger partial charge in [0.15, 0.2) is 0 Å². The monoisotopic (exact) mass is 341 g/mol. The summed E-state index contributed by atoms with van der Waals surface area (Å²) >= 11 is 6.49. The summed E-state index contributed by atoms with van der Waals surface area (Å²) in [4.78, 5) is 15.0. The van der Waals surface area contributed by atoms with Crippen LogP contribution in [0.3, 0.4) is 0 Å². The Morgan fingerprint density at radius 3 is 2.38 bits per heavy atom. The lowest BCUT2D eigenvalue weighted by atomic mass is 9.86. The molecule has 0 spiro atoms. The van der Waals surface area contributed by atoms with Gasteiger partial charge in [-0.15, -0.1) is 0 Å². The first kappa shape index (κ1) is 17.0. The number of carbonyl (C=O) groups excluding carboxylic acids is 1. The first-order valence-corrected chi connectivity index (χ1v) is 8.86. The molecule has 24 heavy (non-hydrogen) atoms. The molecule has 0 radical (unpaired) electrons. The number of hydrogen-bond acceptors (Lipinski definition) is 1. The number of rotatable bonds is 2. The van der Waals surface area contributed by atoms with E-state index in [4.69, 9.17) is 11.6 Å². The van der Waals surface area contributed by atoms with E-state index in [9.17, 15) is 4.79 Å². The number of benzene rings is 2. The van der Waals surface area contributed by atoms with Crippen LogP contribution >= 0.6 is 11.6 Å². The van der Waals surface area contributed by atoms with Crippen molar-refractivity contribution in [3.05, 3.63) is 70.2 Å². The van der Waals surface area contributed by atoms with E-state index in [1.54, 1.807) is 0 Å². The summed E-state index contributed by atoms with van der Waals surface area (Å²) in [5.74, 6) is 0.196. The van der Waals surface area contributed by atoms with Gasteiger partial charge < -0.3 is 4.90 Å². The molecule has 1 heterocycles. The second kappa shape index (κ2) is 6.60. The number of halogens is 1. The summed E-state index contributed by atoms with van der Waals surface area (Å²) in [5.41, 5.74) is 3.48. The van der Waals surface area contributed by atoms with Crippen molar-refractivity contribution in [2.75, 3.05) is 6.54 Å². The van der Waals surface area contributed by atoms with Gasteiger partial charge in [-0.05, 0) is 34.6 Å². The van der Waals surface area contributed by atoms with Gasteiger partial charge >= 0.3 is 0 Å². The molecule has 3 heteroatoms. The molecule has 0 aliphatic carbocycles. The third-order valence-electron chi connectivity index (χ3n) is 4.49. The third-order valence-corrected chi connectivity index (χ3v) is 4.83.